The van der Waals surface area contributed by atoms with Crippen molar-refractivity contribution in [2.24, 2.45) is 5.73 Å². The van der Waals surface area contributed by atoms with Gasteiger partial charge in [-0.1, -0.05) is 24.3 Å². The van der Waals surface area contributed by atoms with Gasteiger partial charge in [-0.25, -0.2) is 0 Å². The molecule has 1 rings (SSSR count). The summed E-state index contributed by atoms with van der Waals surface area (Å²) in [6, 6.07) is 8.48. The van der Waals surface area contributed by atoms with Crippen LogP contribution in [0.2, 0.25) is 0 Å². The summed E-state index contributed by atoms with van der Waals surface area (Å²) in [7, 11) is 6.44. The van der Waals surface area contributed by atoms with Gasteiger partial charge >= 0.3 is 0 Å². The lowest BCUT2D eigenvalue weighted by Gasteiger charge is -2.18. The molecule has 0 fully saturated rings. The van der Waals surface area contributed by atoms with Crippen molar-refractivity contribution in [2.45, 2.75) is 19.4 Å². The van der Waals surface area contributed by atoms with Crippen LogP contribution in [0.5, 0.6) is 0 Å². The lowest BCUT2D eigenvalue weighted by molar-refractivity contribution is 0.303. The summed E-state index contributed by atoms with van der Waals surface area (Å²) in [5.41, 5.74) is 8.42. The third-order valence-corrected chi connectivity index (χ3v) is 3.25. The highest BCUT2D eigenvalue weighted by molar-refractivity contribution is 5.27. The van der Waals surface area contributed by atoms with Crippen molar-refractivity contribution in [3.63, 3.8) is 0 Å². The first-order valence-corrected chi connectivity index (χ1v) is 6.73. The van der Waals surface area contributed by atoms with Gasteiger partial charge in [0.05, 0.1) is 0 Å². The first kappa shape index (κ1) is 15.2. The summed E-state index contributed by atoms with van der Waals surface area (Å²) >= 11 is 0. The van der Waals surface area contributed by atoms with E-state index < -0.39 is 0 Å². The lowest BCUT2D eigenvalue weighted by Crippen LogP contribution is -2.26. The highest BCUT2D eigenvalue weighted by Crippen LogP contribution is 2.09. The van der Waals surface area contributed by atoms with E-state index in [9.17, 15) is 0 Å². The molecule has 0 aliphatic heterocycles. The van der Waals surface area contributed by atoms with Crippen LogP contribution in [-0.4, -0.2) is 50.6 Å². The van der Waals surface area contributed by atoms with Gasteiger partial charge in [0.25, 0.3) is 0 Å². The molecule has 0 saturated heterocycles. The monoisotopic (exact) mass is 249 g/mol. The summed E-state index contributed by atoms with van der Waals surface area (Å²) in [5.74, 6) is 0. The van der Waals surface area contributed by atoms with E-state index in [1.54, 1.807) is 0 Å². The molecule has 0 atom stereocenters. The average molecular weight is 249 g/mol. The second-order valence-corrected chi connectivity index (χ2v) is 5.18. The summed E-state index contributed by atoms with van der Waals surface area (Å²) in [4.78, 5) is 4.63. The first-order valence-electron chi connectivity index (χ1n) is 6.73. The van der Waals surface area contributed by atoms with Gasteiger partial charge in [0.2, 0.25) is 0 Å². The molecule has 0 bridgehead atoms. The molecule has 3 nitrogen and oxygen atoms in total. The molecule has 18 heavy (non-hydrogen) atoms. The van der Waals surface area contributed by atoms with Crippen LogP contribution >= 0.6 is 0 Å². The van der Waals surface area contributed by atoms with Crippen molar-refractivity contribution < 1.29 is 0 Å². The second kappa shape index (κ2) is 8.25. The molecule has 0 spiro atoms. The molecule has 0 aliphatic carbocycles. The number of rotatable bonds is 8. The van der Waals surface area contributed by atoms with E-state index >= 15 is 0 Å². The normalized spacial score (nSPS) is 11.4. The number of likely N-dealkylation sites (N-methyl/N-ethyl adjacent to an activating group) is 1. The number of hydrogen-bond acceptors (Lipinski definition) is 3. The van der Waals surface area contributed by atoms with Crippen LogP contribution in [0.3, 0.4) is 0 Å². The minimum absolute atomic E-state index is 0.639. The molecule has 1 aromatic rings. The first-order chi connectivity index (χ1) is 8.63. The van der Waals surface area contributed by atoms with Crippen molar-refractivity contribution >= 4 is 0 Å². The topological polar surface area (TPSA) is 32.5 Å². The van der Waals surface area contributed by atoms with Gasteiger partial charge in [0.1, 0.15) is 0 Å². The van der Waals surface area contributed by atoms with E-state index in [1.165, 1.54) is 17.5 Å². The van der Waals surface area contributed by atoms with Crippen molar-refractivity contribution in [2.75, 3.05) is 40.8 Å². The molecular formula is C15H27N3. The minimum atomic E-state index is 0.639. The Kier molecular flexibility index (Phi) is 6.94. The SMILES string of the molecule is CN(C)CCCN(C)CCc1ccccc1CN. The van der Waals surface area contributed by atoms with E-state index in [1.807, 2.05) is 0 Å². The Morgan fingerprint density at radius 3 is 2.22 bits per heavy atom. The second-order valence-electron chi connectivity index (χ2n) is 5.18. The molecule has 1 aromatic carbocycles. The van der Waals surface area contributed by atoms with Crippen molar-refractivity contribution in [3.05, 3.63) is 35.4 Å². The predicted molar refractivity (Wildman–Crippen MR) is 78.7 cm³/mol. The van der Waals surface area contributed by atoms with Crippen molar-refractivity contribution in [3.8, 4) is 0 Å². The van der Waals surface area contributed by atoms with Gasteiger partial charge < -0.3 is 15.5 Å². The van der Waals surface area contributed by atoms with Crippen molar-refractivity contribution in [1.82, 2.24) is 9.80 Å². The Labute approximate surface area is 112 Å². The smallest absolute Gasteiger partial charge is 0.0180 e. The lowest BCUT2D eigenvalue weighted by atomic mass is 10.0. The van der Waals surface area contributed by atoms with E-state index in [2.05, 4.69) is 55.2 Å². The molecule has 0 aliphatic rings. The number of benzene rings is 1. The Hall–Kier alpha value is -0.900. The molecule has 0 heterocycles. The quantitative estimate of drug-likeness (QED) is 0.759. The molecule has 3 heteroatoms. The largest absolute Gasteiger partial charge is 0.326 e. The molecular weight excluding hydrogens is 222 g/mol. The third kappa shape index (κ3) is 5.63. The Morgan fingerprint density at radius 2 is 1.61 bits per heavy atom. The zero-order valence-electron chi connectivity index (χ0n) is 12.0. The van der Waals surface area contributed by atoms with Gasteiger partial charge in [0, 0.05) is 13.1 Å². The van der Waals surface area contributed by atoms with E-state index in [0.29, 0.717) is 6.54 Å². The highest BCUT2D eigenvalue weighted by Gasteiger charge is 2.03. The zero-order valence-corrected chi connectivity index (χ0v) is 12.0. The van der Waals surface area contributed by atoms with Crippen LogP contribution in [0.25, 0.3) is 0 Å². The van der Waals surface area contributed by atoms with Crippen LogP contribution in [0.4, 0.5) is 0 Å². The van der Waals surface area contributed by atoms with Gasteiger partial charge in [-0.2, -0.15) is 0 Å². The maximum absolute atomic E-state index is 5.75. The molecule has 2 N–H and O–H groups in total. The average Bonchev–Trinajstić information content (AvgIpc) is 2.36. The predicted octanol–water partition coefficient (Wildman–Crippen LogP) is 1.57. The zero-order chi connectivity index (χ0) is 13.4. The van der Waals surface area contributed by atoms with Gasteiger partial charge in [-0.15, -0.1) is 0 Å². The molecule has 0 aromatic heterocycles. The third-order valence-electron chi connectivity index (χ3n) is 3.25. The summed E-state index contributed by atoms with van der Waals surface area (Å²) in [6.45, 7) is 4.05. The highest BCUT2D eigenvalue weighted by atomic mass is 15.1. The number of nitrogens with two attached hydrogens (primary N) is 1. The molecule has 0 amide bonds. The molecule has 0 unspecified atom stereocenters. The van der Waals surface area contributed by atoms with E-state index in [0.717, 1.165) is 26.1 Å². The van der Waals surface area contributed by atoms with Crippen LogP contribution in [0.1, 0.15) is 17.5 Å². The fraction of sp³-hybridized carbons (Fsp3) is 0.600. The van der Waals surface area contributed by atoms with Crippen LogP contribution < -0.4 is 5.73 Å². The van der Waals surface area contributed by atoms with E-state index in [4.69, 9.17) is 5.73 Å². The van der Waals surface area contributed by atoms with Crippen LogP contribution in [0, 0.1) is 0 Å². The fourth-order valence-corrected chi connectivity index (χ4v) is 2.08. The maximum atomic E-state index is 5.75. The van der Waals surface area contributed by atoms with E-state index in [-0.39, 0.29) is 0 Å². The Balaban J connectivity index is 2.31. The molecule has 0 radical (unpaired) electrons. The van der Waals surface area contributed by atoms with Gasteiger partial charge in [-0.05, 0) is 58.2 Å². The number of hydrogen-bond donors (Lipinski definition) is 1. The standard InChI is InChI=1S/C15H27N3/c1-17(2)10-6-11-18(3)12-9-14-7-4-5-8-15(14)13-16/h4-5,7-8H,6,9-13,16H2,1-3H3. The molecule has 102 valence electrons. The summed E-state index contributed by atoms with van der Waals surface area (Å²) in [5, 5.41) is 0. The summed E-state index contributed by atoms with van der Waals surface area (Å²) < 4.78 is 0. The van der Waals surface area contributed by atoms with Gasteiger partial charge in [-0.3, -0.25) is 0 Å². The van der Waals surface area contributed by atoms with Crippen LogP contribution in [-0.2, 0) is 13.0 Å². The minimum Gasteiger partial charge on any atom is -0.326 e. The maximum Gasteiger partial charge on any atom is 0.0180 e. The Morgan fingerprint density at radius 1 is 0.944 bits per heavy atom. The number of nitrogens with zero attached hydrogens (tertiary/aromatic N) is 2. The summed E-state index contributed by atoms with van der Waals surface area (Å²) in [6.07, 6.45) is 2.31. The van der Waals surface area contributed by atoms with Crippen molar-refractivity contribution in [1.29, 1.82) is 0 Å². The van der Waals surface area contributed by atoms with Crippen LogP contribution in [0.15, 0.2) is 24.3 Å². The molecule has 0 saturated carbocycles. The van der Waals surface area contributed by atoms with Gasteiger partial charge in [0.15, 0.2) is 0 Å². The fourth-order valence-electron chi connectivity index (χ4n) is 2.08. The Bertz CT molecular complexity index is 336.